The van der Waals surface area contributed by atoms with Crippen molar-refractivity contribution in [2.45, 2.75) is 13.8 Å². The van der Waals surface area contributed by atoms with Gasteiger partial charge in [-0.15, -0.1) is 0 Å². The van der Waals surface area contributed by atoms with Gasteiger partial charge in [0.05, 0.1) is 6.61 Å². The number of aryl methyl sites for hydroxylation is 1. The van der Waals surface area contributed by atoms with Crippen molar-refractivity contribution >= 4 is 23.3 Å². The Bertz CT molecular complexity index is 518. The van der Waals surface area contributed by atoms with Crippen LogP contribution >= 0.6 is 11.6 Å². The van der Waals surface area contributed by atoms with Gasteiger partial charge in [0.25, 0.3) is 0 Å². The van der Waals surface area contributed by atoms with E-state index in [1.807, 2.05) is 6.92 Å². The Balaban J connectivity index is 2.84. The van der Waals surface area contributed by atoms with E-state index in [4.69, 9.17) is 21.6 Å². The highest BCUT2D eigenvalue weighted by atomic mass is 35.5. The molecule has 1 N–H and O–H groups in total. The van der Waals surface area contributed by atoms with Crippen molar-refractivity contribution in [2.24, 2.45) is 0 Å². The van der Waals surface area contributed by atoms with Crippen LogP contribution in [0.5, 0.6) is 0 Å². The number of carbonyl (C=O) groups excluding carboxylic acids is 1. The number of hydrogen-bond acceptors (Lipinski definition) is 4. The highest BCUT2D eigenvalue weighted by molar-refractivity contribution is 6.30. The van der Waals surface area contributed by atoms with Gasteiger partial charge in [0.15, 0.2) is 5.57 Å². The zero-order chi connectivity index (χ0) is 13.5. The number of anilines is 1. The number of carbonyl (C=O) groups is 1. The number of nitriles is 1. The van der Waals surface area contributed by atoms with Crippen molar-refractivity contribution in [1.29, 1.82) is 5.26 Å². The third-order valence-electron chi connectivity index (χ3n) is 2.18. The van der Waals surface area contributed by atoms with Crippen LogP contribution in [-0.2, 0) is 9.53 Å². The normalized spacial score (nSPS) is 10.7. The van der Waals surface area contributed by atoms with Crippen LogP contribution in [0.1, 0.15) is 12.5 Å². The van der Waals surface area contributed by atoms with Gasteiger partial charge in [-0.25, -0.2) is 4.79 Å². The van der Waals surface area contributed by atoms with Gasteiger partial charge >= 0.3 is 5.97 Å². The summed E-state index contributed by atoms with van der Waals surface area (Å²) < 4.78 is 4.74. The van der Waals surface area contributed by atoms with Crippen molar-refractivity contribution in [2.75, 3.05) is 11.9 Å². The average Bonchev–Trinajstić information content (AvgIpc) is 2.32. The summed E-state index contributed by atoms with van der Waals surface area (Å²) in [5.41, 5.74) is 1.61. The molecule has 0 amide bonds. The van der Waals surface area contributed by atoms with E-state index in [0.29, 0.717) is 5.02 Å². The molecule has 94 valence electrons. The van der Waals surface area contributed by atoms with Crippen LogP contribution in [0.3, 0.4) is 0 Å². The molecule has 0 aliphatic heterocycles. The largest absolute Gasteiger partial charge is 0.462 e. The molecular formula is C13H13ClN2O2. The number of nitrogens with one attached hydrogen (secondary N) is 1. The summed E-state index contributed by atoms with van der Waals surface area (Å²) in [6, 6.07) is 7.07. The van der Waals surface area contributed by atoms with Crippen molar-refractivity contribution in [3.63, 3.8) is 0 Å². The van der Waals surface area contributed by atoms with Gasteiger partial charge in [-0.2, -0.15) is 5.26 Å². The smallest absolute Gasteiger partial charge is 0.350 e. The van der Waals surface area contributed by atoms with Gasteiger partial charge in [-0.1, -0.05) is 11.6 Å². The van der Waals surface area contributed by atoms with Gasteiger partial charge in [0.2, 0.25) is 0 Å². The van der Waals surface area contributed by atoms with Crippen molar-refractivity contribution in [1.82, 2.24) is 0 Å². The van der Waals surface area contributed by atoms with E-state index < -0.39 is 5.97 Å². The molecule has 5 heteroatoms. The van der Waals surface area contributed by atoms with Crippen molar-refractivity contribution in [3.8, 4) is 6.07 Å². The Labute approximate surface area is 111 Å². The van der Waals surface area contributed by atoms with Crippen molar-refractivity contribution in [3.05, 3.63) is 40.6 Å². The summed E-state index contributed by atoms with van der Waals surface area (Å²) in [6.07, 6.45) is 1.33. The Hall–Kier alpha value is -1.99. The monoisotopic (exact) mass is 264 g/mol. The van der Waals surface area contributed by atoms with Gasteiger partial charge in [-0.05, 0) is 37.6 Å². The molecule has 1 rings (SSSR count). The van der Waals surface area contributed by atoms with E-state index in [-0.39, 0.29) is 12.2 Å². The minimum Gasteiger partial charge on any atom is -0.462 e. The van der Waals surface area contributed by atoms with E-state index in [0.717, 1.165) is 11.3 Å². The fourth-order valence-electron chi connectivity index (χ4n) is 1.28. The van der Waals surface area contributed by atoms with Crippen LogP contribution in [0.25, 0.3) is 0 Å². The molecule has 0 saturated heterocycles. The van der Waals surface area contributed by atoms with Crippen LogP contribution < -0.4 is 5.32 Å². The second-order valence-corrected chi connectivity index (χ2v) is 3.93. The number of benzene rings is 1. The minimum atomic E-state index is -0.640. The van der Waals surface area contributed by atoms with E-state index in [2.05, 4.69) is 5.32 Å². The number of esters is 1. The fourth-order valence-corrected chi connectivity index (χ4v) is 1.51. The number of nitrogens with zero attached hydrogens (tertiary/aromatic N) is 1. The molecular weight excluding hydrogens is 252 g/mol. The maximum Gasteiger partial charge on any atom is 0.350 e. The van der Waals surface area contributed by atoms with Gasteiger partial charge in [0, 0.05) is 16.9 Å². The van der Waals surface area contributed by atoms with E-state index in [1.54, 1.807) is 31.2 Å². The SMILES string of the molecule is CCOC(=O)/C(C#N)=C/Nc1ccc(Cl)cc1C. The quantitative estimate of drug-likeness (QED) is 0.516. The summed E-state index contributed by atoms with van der Waals surface area (Å²) in [4.78, 5) is 11.4. The highest BCUT2D eigenvalue weighted by Crippen LogP contribution is 2.19. The number of halogens is 1. The van der Waals surface area contributed by atoms with Crippen LogP contribution in [0.15, 0.2) is 30.0 Å². The summed E-state index contributed by atoms with van der Waals surface area (Å²) in [5.74, 6) is -0.640. The molecule has 1 aromatic rings. The summed E-state index contributed by atoms with van der Waals surface area (Å²) in [7, 11) is 0. The van der Waals surface area contributed by atoms with Gasteiger partial charge in [-0.3, -0.25) is 0 Å². The first kappa shape index (κ1) is 14.1. The molecule has 0 aliphatic rings. The lowest BCUT2D eigenvalue weighted by molar-refractivity contribution is -0.138. The molecule has 0 heterocycles. The minimum absolute atomic E-state index is 0.0776. The molecule has 0 aliphatic carbocycles. The van der Waals surface area contributed by atoms with Crippen LogP contribution in [0, 0.1) is 18.3 Å². The third-order valence-corrected chi connectivity index (χ3v) is 2.41. The molecule has 0 saturated carbocycles. The lowest BCUT2D eigenvalue weighted by Gasteiger charge is -2.06. The zero-order valence-electron chi connectivity index (χ0n) is 10.2. The second kappa shape index (κ2) is 6.67. The van der Waals surface area contributed by atoms with Crippen LogP contribution in [-0.4, -0.2) is 12.6 Å². The van der Waals surface area contributed by atoms with Crippen molar-refractivity contribution < 1.29 is 9.53 Å². The fraction of sp³-hybridized carbons (Fsp3) is 0.231. The third kappa shape index (κ3) is 3.79. The molecule has 0 radical (unpaired) electrons. The Morgan fingerprint density at radius 1 is 1.61 bits per heavy atom. The Kier molecular flexibility index (Phi) is 5.22. The highest BCUT2D eigenvalue weighted by Gasteiger charge is 2.09. The first-order valence-electron chi connectivity index (χ1n) is 5.38. The maximum absolute atomic E-state index is 11.4. The molecule has 0 unspecified atom stereocenters. The first-order valence-corrected chi connectivity index (χ1v) is 5.76. The van der Waals surface area contributed by atoms with E-state index >= 15 is 0 Å². The topological polar surface area (TPSA) is 62.1 Å². The summed E-state index contributed by atoms with van der Waals surface area (Å²) in [6.45, 7) is 3.79. The number of ether oxygens (including phenoxy) is 1. The van der Waals surface area contributed by atoms with E-state index in [1.165, 1.54) is 6.20 Å². The van der Waals surface area contributed by atoms with E-state index in [9.17, 15) is 4.79 Å². The standard InChI is InChI=1S/C13H13ClN2O2/c1-3-18-13(17)10(7-15)8-16-12-5-4-11(14)6-9(12)2/h4-6,8,16H,3H2,1-2H3/b10-8+. The second-order valence-electron chi connectivity index (χ2n) is 3.49. The first-order chi connectivity index (χ1) is 8.58. The number of rotatable bonds is 4. The lowest BCUT2D eigenvalue weighted by Crippen LogP contribution is -2.08. The predicted molar refractivity (Wildman–Crippen MR) is 70.1 cm³/mol. The van der Waals surface area contributed by atoms with Crippen LogP contribution in [0.2, 0.25) is 5.02 Å². The molecule has 18 heavy (non-hydrogen) atoms. The molecule has 0 aromatic heterocycles. The van der Waals surface area contributed by atoms with Gasteiger partial charge in [0.1, 0.15) is 6.07 Å². The molecule has 0 bridgehead atoms. The van der Waals surface area contributed by atoms with Gasteiger partial charge < -0.3 is 10.1 Å². The Morgan fingerprint density at radius 3 is 2.89 bits per heavy atom. The molecule has 4 nitrogen and oxygen atoms in total. The zero-order valence-corrected chi connectivity index (χ0v) is 10.9. The average molecular weight is 265 g/mol. The summed E-state index contributed by atoms with van der Waals surface area (Å²) >= 11 is 5.83. The number of hydrogen-bond donors (Lipinski definition) is 1. The summed E-state index contributed by atoms with van der Waals surface area (Å²) in [5, 5.41) is 12.4. The lowest BCUT2D eigenvalue weighted by atomic mass is 10.2. The predicted octanol–water partition coefficient (Wildman–Crippen LogP) is 3.03. The Morgan fingerprint density at radius 2 is 2.33 bits per heavy atom. The maximum atomic E-state index is 11.4. The molecule has 0 spiro atoms. The molecule has 1 aromatic carbocycles. The van der Waals surface area contributed by atoms with Crippen LogP contribution in [0.4, 0.5) is 5.69 Å². The molecule has 0 atom stereocenters. The molecule has 0 fully saturated rings.